The molecule has 3 heterocycles. The summed E-state index contributed by atoms with van der Waals surface area (Å²) in [5, 5.41) is 1.84. The van der Waals surface area contributed by atoms with Crippen molar-refractivity contribution in [3.63, 3.8) is 0 Å². The number of hydrogen-bond acceptors (Lipinski definition) is 2. The summed E-state index contributed by atoms with van der Waals surface area (Å²) < 4.78 is 0. The molecule has 0 bridgehead atoms. The molecular weight excluding hydrogens is 346 g/mol. The summed E-state index contributed by atoms with van der Waals surface area (Å²) in [6.45, 7) is 5.51. The SMILES string of the molecule is CC(C)(C(=O)N1CCC(c2c[nH]c3ncccc23)C1)c1ccc(Cl)cc1. The zero-order valence-corrected chi connectivity index (χ0v) is 15.8. The lowest BCUT2D eigenvalue weighted by Crippen LogP contribution is -2.42. The second-order valence-electron chi connectivity index (χ2n) is 7.51. The summed E-state index contributed by atoms with van der Waals surface area (Å²) in [4.78, 5) is 22.8. The Morgan fingerprint density at radius 3 is 2.81 bits per heavy atom. The van der Waals surface area contributed by atoms with E-state index in [0.717, 1.165) is 36.1 Å². The molecule has 3 aromatic rings. The molecule has 4 nitrogen and oxygen atoms in total. The normalized spacial score (nSPS) is 17.8. The van der Waals surface area contributed by atoms with E-state index in [1.807, 2.05) is 55.3 Å². The van der Waals surface area contributed by atoms with Crippen LogP contribution in [0.15, 0.2) is 48.8 Å². The van der Waals surface area contributed by atoms with Crippen molar-refractivity contribution in [2.24, 2.45) is 0 Å². The Labute approximate surface area is 158 Å². The number of pyridine rings is 1. The Hall–Kier alpha value is -2.33. The maximum atomic E-state index is 13.2. The number of nitrogens with one attached hydrogen (secondary N) is 1. The fraction of sp³-hybridized carbons (Fsp3) is 0.333. The van der Waals surface area contributed by atoms with Crippen molar-refractivity contribution in [2.75, 3.05) is 13.1 Å². The van der Waals surface area contributed by atoms with Crippen molar-refractivity contribution in [3.8, 4) is 0 Å². The zero-order chi connectivity index (χ0) is 18.3. The number of rotatable bonds is 3. The second kappa shape index (κ2) is 6.44. The van der Waals surface area contributed by atoms with Crippen molar-refractivity contribution < 1.29 is 4.79 Å². The molecule has 0 saturated carbocycles. The Morgan fingerprint density at radius 2 is 2.04 bits per heavy atom. The van der Waals surface area contributed by atoms with Gasteiger partial charge in [-0.1, -0.05) is 23.7 Å². The molecule has 4 rings (SSSR count). The van der Waals surface area contributed by atoms with Crippen LogP contribution >= 0.6 is 11.6 Å². The predicted molar refractivity (Wildman–Crippen MR) is 105 cm³/mol. The number of hydrogen-bond donors (Lipinski definition) is 1. The number of carbonyl (C=O) groups is 1. The number of benzene rings is 1. The molecule has 1 N–H and O–H groups in total. The Kier molecular flexibility index (Phi) is 4.23. The first-order chi connectivity index (χ1) is 12.5. The number of fused-ring (bicyclic) bond motifs is 1. The molecule has 1 fully saturated rings. The van der Waals surface area contributed by atoms with Gasteiger partial charge < -0.3 is 9.88 Å². The molecule has 1 aromatic carbocycles. The van der Waals surface area contributed by atoms with Crippen LogP contribution in [0.1, 0.15) is 37.3 Å². The zero-order valence-electron chi connectivity index (χ0n) is 15.0. The van der Waals surface area contributed by atoms with Gasteiger partial charge in [-0.3, -0.25) is 4.79 Å². The fourth-order valence-corrected chi connectivity index (χ4v) is 4.02. The minimum Gasteiger partial charge on any atom is -0.346 e. The van der Waals surface area contributed by atoms with Gasteiger partial charge in [0.25, 0.3) is 0 Å². The Balaban J connectivity index is 1.54. The first-order valence-corrected chi connectivity index (χ1v) is 9.32. The van der Waals surface area contributed by atoms with E-state index in [4.69, 9.17) is 11.6 Å². The van der Waals surface area contributed by atoms with E-state index in [1.165, 1.54) is 5.56 Å². The molecule has 1 saturated heterocycles. The van der Waals surface area contributed by atoms with Gasteiger partial charge in [-0.25, -0.2) is 4.98 Å². The average molecular weight is 368 g/mol. The number of halogens is 1. The molecule has 5 heteroatoms. The molecular formula is C21H22ClN3O. The lowest BCUT2D eigenvalue weighted by atomic mass is 9.83. The van der Waals surface area contributed by atoms with Crippen LogP contribution in [0.2, 0.25) is 5.02 Å². The number of aromatic amines is 1. The van der Waals surface area contributed by atoms with E-state index in [2.05, 4.69) is 16.0 Å². The van der Waals surface area contributed by atoms with Gasteiger partial charge in [0.2, 0.25) is 5.91 Å². The molecule has 1 aliphatic heterocycles. The van der Waals surface area contributed by atoms with E-state index in [-0.39, 0.29) is 5.91 Å². The van der Waals surface area contributed by atoms with Gasteiger partial charge in [0, 0.05) is 41.8 Å². The van der Waals surface area contributed by atoms with Gasteiger partial charge in [0.05, 0.1) is 5.41 Å². The van der Waals surface area contributed by atoms with Gasteiger partial charge in [0.1, 0.15) is 5.65 Å². The molecule has 1 amide bonds. The predicted octanol–water partition coefficient (Wildman–Crippen LogP) is 4.51. The minimum atomic E-state index is -0.568. The molecule has 0 spiro atoms. The van der Waals surface area contributed by atoms with Crippen molar-refractivity contribution >= 4 is 28.5 Å². The molecule has 26 heavy (non-hydrogen) atoms. The first-order valence-electron chi connectivity index (χ1n) is 8.94. The third-order valence-electron chi connectivity index (χ3n) is 5.50. The standard InChI is InChI=1S/C21H22ClN3O/c1-21(2,15-5-7-16(22)8-6-15)20(26)25-11-9-14(13-25)18-12-24-19-17(18)4-3-10-23-19/h3-8,10,12,14H,9,11,13H2,1-2H3,(H,23,24). The number of H-pyrrole nitrogens is 1. The minimum absolute atomic E-state index is 0.167. The third kappa shape index (κ3) is 2.88. The highest BCUT2D eigenvalue weighted by molar-refractivity contribution is 6.30. The highest BCUT2D eigenvalue weighted by Crippen LogP contribution is 2.35. The second-order valence-corrected chi connectivity index (χ2v) is 7.95. The van der Waals surface area contributed by atoms with E-state index in [1.54, 1.807) is 6.20 Å². The van der Waals surface area contributed by atoms with E-state index in [0.29, 0.717) is 10.9 Å². The van der Waals surface area contributed by atoms with Gasteiger partial charge in [-0.2, -0.15) is 0 Å². The number of nitrogens with zero attached hydrogens (tertiary/aromatic N) is 2. The number of amides is 1. The van der Waals surface area contributed by atoms with E-state index >= 15 is 0 Å². The number of likely N-dealkylation sites (tertiary alicyclic amines) is 1. The Bertz CT molecular complexity index is 945. The van der Waals surface area contributed by atoms with Crippen LogP contribution in [0.25, 0.3) is 11.0 Å². The lowest BCUT2D eigenvalue weighted by molar-refractivity contribution is -0.135. The highest BCUT2D eigenvalue weighted by atomic mass is 35.5. The average Bonchev–Trinajstić information content (AvgIpc) is 3.28. The molecule has 1 aliphatic rings. The highest BCUT2D eigenvalue weighted by Gasteiger charge is 2.37. The fourth-order valence-electron chi connectivity index (χ4n) is 3.90. The van der Waals surface area contributed by atoms with Crippen molar-refractivity contribution in [2.45, 2.75) is 31.6 Å². The van der Waals surface area contributed by atoms with Gasteiger partial charge >= 0.3 is 0 Å². The smallest absolute Gasteiger partial charge is 0.232 e. The summed E-state index contributed by atoms with van der Waals surface area (Å²) >= 11 is 5.99. The summed E-state index contributed by atoms with van der Waals surface area (Å²) in [6.07, 6.45) is 4.81. The van der Waals surface area contributed by atoms with Crippen LogP contribution in [-0.4, -0.2) is 33.9 Å². The van der Waals surface area contributed by atoms with Gasteiger partial charge in [-0.05, 0) is 55.7 Å². The number of aromatic nitrogens is 2. The van der Waals surface area contributed by atoms with Crippen LogP contribution in [0.4, 0.5) is 0 Å². The summed E-state index contributed by atoms with van der Waals surface area (Å²) in [5.74, 6) is 0.512. The molecule has 1 atom stereocenters. The number of carbonyl (C=O) groups excluding carboxylic acids is 1. The van der Waals surface area contributed by atoms with Gasteiger partial charge in [0.15, 0.2) is 0 Å². The monoisotopic (exact) mass is 367 g/mol. The molecule has 134 valence electrons. The third-order valence-corrected chi connectivity index (χ3v) is 5.75. The topological polar surface area (TPSA) is 49.0 Å². The molecule has 1 unspecified atom stereocenters. The van der Waals surface area contributed by atoms with Crippen molar-refractivity contribution in [3.05, 3.63) is 64.9 Å². The largest absolute Gasteiger partial charge is 0.346 e. The molecule has 2 aromatic heterocycles. The Morgan fingerprint density at radius 1 is 1.27 bits per heavy atom. The molecule has 0 aliphatic carbocycles. The van der Waals surface area contributed by atoms with E-state index in [9.17, 15) is 4.79 Å². The van der Waals surface area contributed by atoms with Crippen LogP contribution < -0.4 is 0 Å². The molecule has 0 radical (unpaired) electrons. The quantitative estimate of drug-likeness (QED) is 0.740. The van der Waals surface area contributed by atoms with Gasteiger partial charge in [-0.15, -0.1) is 0 Å². The first kappa shape index (κ1) is 17.1. The maximum Gasteiger partial charge on any atom is 0.232 e. The van der Waals surface area contributed by atoms with Crippen molar-refractivity contribution in [1.29, 1.82) is 0 Å². The lowest BCUT2D eigenvalue weighted by Gasteiger charge is -2.30. The van der Waals surface area contributed by atoms with E-state index < -0.39 is 5.41 Å². The summed E-state index contributed by atoms with van der Waals surface area (Å²) in [5.41, 5.74) is 2.59. The van der Waals surface area contributed by atoms with Crippen molar-refractivity contribution in [1.82, 2.24) is 14.9 Å². The van der Waals surface area contributed by atoms with Crippen LogP contribution in [0.5, 0.6) is 0 Å². The summed E-state index contributed by atoms with van der Waals surface area (Å²) in [7, 11) is 0. The maximum absolute atomic E-state index is 13.2. The van der Waals surface area contributed by atoms with Crippen LogP contribution in [-0.2, 0) is 10.2 Å². The summed E-state index contributed by atoms with van der Waals surface area (Å²) in [6, 6.07) is 11.6. The van der Waals surface area contributed by atoms with Crippen LogP contribution in [0, 0.1) is 0 Å². The van der Waals surface area contributed by atoms with Crippen LogP contribution in [0.3, 0.4) is 0 Å².